The van der Waals surface area contributed by atoms with E-state index in [-0.39, 0.29) is 11.6 Å². The second-order valence-corrected chi connectivity index (χ2v) is 6.02. The van der Waals surface area contributed by atoms with Crippen LogP contribution in [-0.4, -0.2) is 25.3 Å². The predicted octanol–water partition coefficient (Wildman–Crippen LogP) is 4.08. The quantitative estimate of drug-likeness (QED) is 0.855. The third kappa shape index (κ3) is 3.25. The molecule has 0 spiro atoms. The van der Waals surface area contributed by atoms with Gasteiger partial charge in [0.15, 0.2) is 0 Å². The summed E-state index contributed by atoms with van der Waals surface area (Å²) in [7, 11) is 1.81. The zero-order valence-electron chi connectivity index (χ0n) is 11.5. The minimum Gasteiger partial charge on any atom is -0.377 e. The molecule has 1 atom stereocenters. The van der Waals surface area contributed by atoms with Crippen LogP contribution in [0.5, 0.6) is 0 Å². The molecule has 2 rings (SSSR count). The summed E-state index contributed by atoms with van der Waals surface area (Å²) >= 11 is 12.3. The van der Waals surface area contributed by atoms with Crippen LogP contribution in [0.25, 0.3) is 0 Å². The number of methoxy groups -OCH3 is 1. The Balaban J connectivity index is 2.18. The van der Waals surface area contributed by atoms with Gasteiger partial charge in [-0.2, -0.15) is 0 Å². The van der Waals surface area contributed by atoms with Gasteiger partial charge in [0.2, 0.25) is 0 Å². The highest BCUT2D eigenvalue weighted by Gasteiger charge is 2.44. The van der Waals surface area contributed by atoms with Crippen molar-refractivity contribution >= 4 is 23.2 Å². The van der Waals surface area contributed by atoms with Gasteiger partial charge in [0.05, 0.1) is 5.60 Å². The van der Waals surface area contributed by atoms with Crippen LogP contribution in [-0.2, 0) is 11.2 Å². The SMILES string of the molecule is CCNC(Cc1cc(Cl)ccc1Cl)C1(OC)CCC1. The van der Waals surface area contributed by atoms with E-state index in [1.807, 2.05) is 25.3 Å². The van der Waals surface area contributed by atoms with Crippen LogP contribution >= 0.6 is 23.2 Å². The zero-order valence-corrected chi connectivity index (χ0v) is 13.0. The van der Waals surface area contributed by atoms with Crippen molar-refractivity contribution in [2.45, 2.75) is 44.2 Å². The first kappa shape index (κ1) is 15.1. The minimum absolute atomic E-state index is 0.0400. The number of hydrogen-bond donors (Lipinski definition) is 1. The number of hydrogen-bond acceptors (Lipinski definition) is 2. The monoisotopic (exact) mass is 301 g/mol. The van der Waals surface area contributed by atoms with Gasteiger partial charge < -0.3 is 10.1 Å². The summed E-state index contributed by atoms with van der Waals surface area (Å²) in [6.07, 6.45) is 4.30. The van der Waals surface area contributed by atoms with Crippen molar-refractivity contribution in [3.05, 3.63) is 33.8 Å². The average molecular weight is 302 g/mol. The van der Waals surface area contributed by atoms with Gasteiger partial charge in [-0.15, -0.1) is 0 Å². The molecular formula is C15H21Cl2NO. The number of halogens is 2. The second kappa shape index (κ2) is 6.45. The van der Waals surface area contributed by atoms with Gasteiger partial charge in [-0.3, -0.25) is 0 Å². The summed E-state index contributed by atoms with van der Waals surface area (Å²) < 4.78 is 5.79. The summed E-state index contributed by atoms with van der Waals surface area (Å²) in [6.45, 7) is 3.04. The van der Waals surface area contributed by atoms with Crippen LogP contribution in [0, 0.1) is 0 Å². The largest absolute Gasteiger partial charge is 0.377 e. The second-order valence-electron chi connectivity index (χ2n) is 5.17. The maximum absolute atomic E-state index is 6.27. The molecule has 1 aromatic carbocycles. The molecule has 106 valence electrons. The van der Waals surface area contributed by atoms with E-state index in [4.69, 9.17) is 27.9 Å². The van der Waals surface area contributed by atoms with Gasteiger partial charge in [-0.05, 0) is 56.0 Å². The summed E-state index contributed by atoms with van der Waals surface area (Å²) in [4.78, 5) is 0. The summed E-state index contributed by atoms with van der Waals surface area (Å²) in [5.74, 6) is 0. The molecule has 19 heavy (non-hydrogen) atoms. The lowest BCUT2D eigenvalue weighted by Crippen LogP contribution is -2.57. The molecule has 1 fully saturated rings. The topological polar surface area (TPSA) is 21.3 Å². The summed E-state index contributed by atoms with van der Waals surface area (Å²) in [5.41, 5.74) is 1.05. The Morgan fingerprint density at radius 2 is 2.11 bits per heavy atom. The number of rotatable bonds is 6. The fraction of sp³-hybridized carbons (Fsp3) is 0.600. The summed E-state index contributed by atoms with van der Waals surface area (Å²) in [5, 5.41) is 5.05. The zero-order chi connectivity index (χ0) is 13.9. The van der Waals surface area contributed by atoms with Crippen LogP contribution in [0.3, 0.4) is 0 Å². The Labute approximate surface area is 125 Å². The number of ether oxygens (including phenoxy) is 1. The van der Waals surface area contributed by atoms with Gasteiger partial charge in [0.1, 0.15) is 0 Å². The maximum Gasteiger partial charge on any atom is 0.0834 e. The molecule has 2 nitrogen and oxygen atoms in total. The smallest absolute Gasteiger partial charge is 0.0834 e. The van der Waals surface area contributed by atoms with Gasteiger partial charge >= 0.3 is 0 Å². The van der Waals surface area contributed by atoms with Crippen molar-refractivity contribution in [3.63, 3.8) is 0 Å². The van der Waals surface area contributed by atoms with E-state index in [1.54, 1.807) is 0 Å². The fourth-order valence-electron chi connectivity index (χ4n) is 2.83. The molecule has 1 N–H and O–H groups in total. The Morgan fingerprint density at radius 1 is 1.37 bits per heavy atom. The molecule has 4 heteroatoms. The summed E-state index contributed by atoms with van der Waals surface area (Å²) in [6, 6.07) is 5.93. The molecule has 1 saturated carbocycles. The molecule has 0 amide bonds. The highest BCUT2D eigenvalue weighted by molar-refractivity contribution is 6.33. The molecule has 0 heterocycles. The predicted molar refractivity (Wildman–Crippen MR) is 81.2 cm³/mol. The van der Waals surface area contributed by atoms with Gasteiger partial charge in [-0.1, -0.05) is 30.1 Å². The Bertz CT molecular complexity index is 427. The van der Waals surface area contributed by atoms with E-state index >= 15 is 0 Å². The van der Waals surface area contributed by atoms with Crippen molar-refractivity contribution < 1.29 is 4.74 Å². The van der Waals surface area contributed by atoms with E-state index < -0.39 is 0 Å². The normalized spacial score (nSPS) is 18.9. The highest BCUT2D eigenvalue weighted by Crippen LogP contribution is 2.39. The van der Waals surface area contributed by atoms with E-state index in [0.717, 1.165) is 41.4 Å². The van der Waals surface area contributed by atoms with Crippen LogP contribution in [0.2, 0.25) is 10.0 Å². The molecular weight excluding hydrogens is 281 g/mol. The number of benzene rings is 1. The van der Waals surface area contributed by atoms with Gasteiger partial charge in [0.25, 0.3) is 0 Å². The third-order valence-electron chi connectivity index (χ3n) is 4.12. The molecule has 1 aromatic rings. The molecule has 1 aliphatic carbocycles. The first-order valence-corrected chi connectivity index (χ1v) is 7.59. The van der Waals surface area contributed by atoms with Crippen LogP contribution in [0.4, 0.5) is 0 Å². The molecule has 0 aliphatic heterocycles. The molecule has 0 radical (unpaired) electrons. The standard InChI is InChI=1S/C15H21Cl2NO/c1-3-18-14(15(19-2)7-4-8-15)10-11-9-12(16)5-6-13(11)17/h5-6,9,14,18H,3-4,7-8,10H2,1-2H3. The molecule has 0 saturated heterocycles. The van der Waals surface area contributed by atoms with E-state index in [2.05, 4.69) is 12.2 Å². The molecule has 1 unspecified atom stereocenters. The maximum atomic E-state index is 6.27. The lowest BCUT2D eigenvalue weighted by Gasteiger charge is -2.47. The molecule has 1 aliphatic rings. The van der Waals surface area contributed by atoms with Gasteiger partial charge in [-0.25, -0.2) is 0 Å². The van der Waals surface area contributed by atoms with Crippen molar-refractivity contribution in [2.75, 3.05) is 13.7 Å². The van der Waals surface area contributed by atoms with Crippen molar-refractivity contribution in [3.8, 4) is 0 Å². The number of likely N-dealkylation sites (N-methyl/N-ethyl adjacent to an activating group) is 1. The first-order valence-electron chi connectivity index (χ1n) is 6.84. The van der Waals surface area contributed by atoms with Crippen LogP contribution in [0.1, 0.15) is 31.7 Å². The average Bonchev–Trinajstić information content (AvgIpc) is 2.33. The molecule has 0 aromatic heterocycles. The Kier molecular flexibility index (Phi) is 5.13. The number of nitrogens with one attached hydrogen (secondary N) is 1. The Morgan fingerprint density at radius 3 is 2.63 bits per heavy atom. The lowest BCUT2D eigenvalue weighted by atomic mass is 9.72. The van der Waals surface area contributed by atoms with Crippen molar-refractivity contribution in [1.29, 1.82) is 0 Å². The van der Waals surface area contributed by atoms with E-state index in [0.29, 0.717) is 0 Å². The van der Waals surface area contributed by atoms with Crippen LogP contribution in [0.15, 0.2) is 18.2 Å². The van der Waals surface area contributed by atoms with E-state index in [1.165, 1.54) is 6.42 Å². The van der Waals surface area contributed by atoms with Crippen molar-refractivity contribution in [2.24, 2.45) is 0 Å². The lowest BCUT2D eigenvalue weighted by molar-refractivity contribution is -0.0978. The first-order chi connectivity index (χ1) is 9.11. The minimum atomic E-state index is -0.0400. The molecule has 0 bridgehead atoms. The fourth-order valence-corrected chi connectivity index (χ4v) is 3.22. The highest BCUT2D eigenvalue weighted by atomic mass is 35.5. The van der Waals surface area contributed by atoms with Crippen LogP contribution < -0.4 is 5.32 Å². The van der Waals surface area contributed by atoms with Crippen molar-refractivity contribution in [1.82, 2.24) is 5.32 Å². The third-order valence-corrected chi connectivity index (χ3v) is 4.73. The Hall–Kier alpha value is -0.280. The van der Waals surface area contributed by atoms with E-state index in [9.17, 15) is 0 Å². The van der Waals surface area contributed by atoms with Gasteiger partial charge in [0, 0.05) is 23.2 Å².